The summed E-state index contributed by atoms with van der Waals surface area (Å²) in [6.45, 7) is 5.97. The number of anilines is 2. The highest BCUT2D eigenvalue weighted by molar-refractivity contribution is 5.61. The summed E-state index contributed by atoms with van der Waals surface area (Å²) < 4.78 is 5.35. The molecule has 1 N–H and O–H groups in total. The Morgan fingerprint density at radius 2 is 1.78 bits per heavy atom. The summed E-state index contributed by atoms with van der Waals surface area (Å²) in [5.41, 5.74) is 3.92. The van der Waals surface area contributed by atoms with Gasteiger partial charge in [-0.05, 0) is 55.4 Å². The Morgan fingerprint density at radius 1 is 0.973 bits per heavy atom. The lowest BCUT2D eigenvalue weighted by Gasteiger charge is -2.38. The van der Waals surface area contributed by atoms with Crippen LogP contribution in [-0.4, -0.2) is 47.7 Å². The molecule has 0 saturated carbocycles. The second-order valence-electron chi connectivity index (χ2n) is 10.00. The summed E-state index contributed by atoms with van der Waals surface area (Å²) in [5, 5.41) is 3.72. The molecule has 1 aromatic heterocycles. The Kier molecular flexibility index (Phi) is 8.36. The van der Waals surface area contributed by atoms with Gasteiger partial charge in [0.25, 0.3) is 0 Å². The molecule has 6 heteroatoms. The predicted molar refractivity (Wildman–Crippen MR) is 151 cm³/mol. The van der Waals surface area contributed by atoms with Gasteiger partial charge >= 0.3 is 0 Å². The maximum atomic E-state index is 5.35. The molecule has 2 aliphatic heterocycles. The third-order valence-electron chi connectivity index (χ3n) is 7.72. The molecule has 0 saturated heterocycles. The number of allylic oxidation sites excluding steroid dienone is 1. The molecule has 2 aliphatic rings. The first kappa shape index (κ1) is 25.3. The van der Waals surface area contributed by atoms with Crippen molar-refractivity contribution in [2.45, 2.75) is 57.7 Å². The normalized spacial score (nSPS) is 20.9. The van der Waals surface area contributed by atoms with Crippen molar-refractivity contribution in [1.82, 2.24) is 14.9 Å². The average Bonchev–Trinajstić information content (AvgIpc) is 3.09. The molecule has 0 radical (unpaired) electrons. The van der Waals surface area contributed by atoms with Crippen LogP contribution >= 0.6 is 0 Å². The van der Waals surface area contributed by atoms with Gasteiger partial charge in [0, 0.05) is 38.3 Å². The molecule has 0 aliphatic carbocycles. The van der Waals surface area contributed by atoms with E-state index in [2.05, 4.69) is 76.7 Å². The Bertz CT molecular complexity index is 1160. The Hall–Kier alpha value is -3.38. The van der Waals surface area contributed by atoms with Crippen LogP contribution in [0.25, 0.3) is 0 Å². The summed E-state index contributed by atoms with van der Waals surface area (Å²) in [4.78, 5) is 14.9. The summed E-state index contributed by atoms with van der Waals surface area (Å²) in [6, 6.07) is 20.0. The average molecular weight is 498 g/mol. The van der Waals surface area contributed by atoms with E-state index >= 15 is 0 Å². The fourth-order valence-electron chi connectivity index (χ4n) is 5.66. The SMILES string of the molecule is CC[C@@H]1CNc2ncnc3c2[C@@H](CC/C=C\CCN3CCc2ccc(OC)cc2)N1Cc1ccccc1. The number of hydrogen-bond donors (Lipinski definition) is 1. The van der Waals surface area contributed by atoms with Crippen molar-refractivity contribution in [3.05, 3.63) is 89.8 Å². The van der Waals surface area contributed by atoms with Gasteiger partial charge in [0.05, 0.1) is 12.7 Å². The first-order chi connectivity index (χ1) is 18.3. The Morgan fingerprint density at radius 3 is 2.57 bits per heavy atom. The van der Waals surface area contributed by atoms with Gasteiger partial charge in [-0.3, -0.25) is 4.90 Å². The molecule has 0 fully saturated rings. The van der Waals surface area contributed by atoms with Crippen LogP contribution in [0.3, 0.4) is 0 Å². The molecule has 3 heterocycles. The van der Waals surface area contributed by atoms with Crippen molar-refractivity contribution in [2.75, 3.05) is 37.0 Å². The van der Waals surface area contributed by atoms with E-state index in [1.165, 1.54) is 16.7 Å². The highest BCUT2D eigenvalue weighted by atomic mass is 16.5. The number of aromatic nitrogens is 2. The lowest BCUT2D eigenvalue weighted by molar-refractivity contribution is 0.124. The number of nitrogens with one attached hydrogen (secondary N) is 1. The van der Waals surface area contributed by atoms with Crippen molar-refractivity contribution >= 4 is 11.6 Å². The number of benzene rings is 2. The molecule has 3 aromatic rings. The molecule has 0 spiro atoms. The third kappa shape index (κ3) is 5.96. The van der Waals surface area contributed by atoms with Gasteiger partial charge in [0.15, 0.2) is 0 Å². The summed E-state index contributed by atoms with van der Waals surface area (Å²) in [7, 11) is 1.71. The summed E-state index contributed by atoms with van der Waals surface area (Å²) >= 11 is 0. The van der Waals surface area contributed by atoms with Crippen LogP contribution in [0.15, 0.2) is 73.1 Å². The number of rotatable bonds is 7. The van der Waals surface area contributed by atoms with E-state index in [1.807, 2.05) is 12.1 Å². The van der Waals surface area contributed by atoms with E-state index < -0.39 is 0 Å². The quantitative estimate of drug-likeness (QED) is 0.403. The highest BCUT2D eigenvalue weighted by Gasteiger charge is 2.35. The van der Waals surface area contributed by atoms with Gasteiger partial charge < -0.3 is 15.0 Å². The zero-order valence-corrected chi connectivity index (χ0v) is 22.1. The van der Waals surface area contributed by atoms with E-state index in [-0.39, 0.29) is 6.04 Å². The topological polar surface area (TPSA) is 53.5 Å². The second-order valence-corrected chi connectivity index (χ2v) is 10.00. The largest absolute Gasteiger partial charge is 0.497 e. The minimum absolute atomic E-state index is 0.248. The van der Waals surface area contributed by atoms with Crippen molar-refractivity contribution in [2.24, 2.45) is 0 Å². The predicted octanol–water partition coefficient (Wildman–Crippen LogP) is 6.02. The van der Waals surface area contributed by atoms with Gasteiger partial charge in [-0.15, -0.1) is 0 Å². The molecular formula is C31H39N5O. The molecule has 0 amide bonds. The molecule has 0 unspecified atom stereocenters. The fourth-order valence-corrected chi connectivity index (χ4v) is 5.66. The first-order valence-electron chi connectivity index (χ1n) is 13.7. The number of hydrogen-bond acceptors (Lipinski definition) is 6. The smallest absolute Gasteiger partial charge is 0.138 e. The second kappa shape index (κ2) is 12.2. The molecule has 0 bridgehead atoms. The molecule has 194 valence electrons. The lowest BCUT2D eigenvalue weighted by Crippen LogP contribution is -2.40. The molecule has 37 heavy (non-hydrogen) atoms. The monoisotopic (exact) mass is 497 g/mol. The standard InChI is InChI=1S/C31H39N5O/c1-3-26-21-32-30-29-28(36(26)22-25-11-7-6-8-12-25)13-9-4-5-10-19-35(31(29)34-23-33-30)20-18-24-14-16-27(37-2)17-15-24/h4-8,11-12,14-17,23,26,28H,3,9-10,13,18-22H2,1-2H3,(H,32,33,34)/b5-4-/t26-,28-/m1/s1. The van der Waals surface area contributed by atoms with Gasteiger partial charge in [0.2, 0.25) is 0 Å². The van der Waals surface area contributed by atoms with Crippen LogP contribution in [0.1, 0.15) is 55.3 Å². The van der Waals surface area contributed by atoms with Crippen molar-refractivity contribution in [3.63, 3.8) is 0 Å². The van der Waals surface area contributed by atoms with Crippen LogP contribution in [-0.2, 0) is 13.0 Å². The molecule has 2 aromatic carbocycles. The zero-order valence-electron chi connectivity index (χ0n) is 22.1. The molecular weight excluding hydrogens is 458 g/mol. The third-order valence-corrected chi connectivity index (χ3v) is 7.72. The van der Waals surface area contributed by atoms with Crippen LogP contribution in [0.4, 0.5) is 11.6 Å². The Labute approximate surface area is 221 Å². The van der Waals surface area contributed by atoms with Gasteiger partial charge in [-0.1, -0.05) is 61.5 Å². The maximum absolute atomic E-state index is 5.35. The molecule has 6 nitrogen and oxygen atoms in total. The van der Waals surface area contributed by atoms with E-state index in [9.17, 15) is 0 Å². The highest BCUT2D eigenvalue weighted by Crippen LogP contribution is 2.41. The van der Waals surface area contributed by atoms with Crippen LogP contribution in [0.5, 0.6) is 5.75 Å². The van der Waals surface area contributed by atoms with Crippen LogP contribution in [0.2, 0.25) is 0 Å². The maximum Gasteiger partial charge on any atom is 0.138 e. The summed E-state index contributed by atoms with van der Waals surface area (Å²) in [5.74, 6) is 2.98. The van der Waals surface area contributed by atoms with Crippen molar-refractivity contribution in [3.8, 4) is 5.75 Å². The lowest BCUT2D eigenvalue weighted by atomic mass is 9.97. The fraction of sp³-hybridized carbons (Fsp3) is 0.419. The van der Waals surface area contributed by atoms with Gasteiger partial charge in [-0.2, -0.15) is 0 Å². The van der Waals surface area contributed by atoms with Crippen LogP contribution in [0, 0.1) is 0 Å². The number of ether oxygens (including phenoxy) is 1. The van der Waals surface area contributed by atoms with Crippen molar-refractivity contribution in [1.29, 1.82) is 0 Å². The number of methoxy groups -OCH3 is 1. The Balaban J connectivity index is 1.50. The molecule has 2 atom stereocenters. The van der Waals surface area contributed by atoms with E-state index in [4.69, 9.17) is 14.7 Å². The van der Waals surface area contributed by atoms with E-state index in [0.717, 1.165) is 75.7 Å². The first-order valence-corrected chi connectivity index (χ1v) is 13.7. The minimum atomic E-state index is 0.248. The van der Waals surface area contributed by atoms with Gasteiger partial charge in [0.1, 0.15) is 23.7 Å². The van der Waals surface area contributed by atoms with Gasteiger partial charge in [-0.25, -0.2) is 9.97 Å². The molecule has 5 rings (SSSR count). The zero-order chi connectivity index (χ0) is 25.5. The van der Waals surface area contributed by atoms with Crippen LogP contribution < -0.4 is 15.0 Å². The van der Waals surface area contributed by atoms with E-state index in [1.54, 1.807) is 13.4 Å². The summed E-state index contributed by atoms with van der Waals surface area (Å²) in [6.07, 6.45) is 11.6. The number of nitrogens with zero attached hydrogens (tertiary/aromatic N) is 4. The van der Waals surface area contributed by atoms with E-state index in [0.29, 0.717) is 6.04 Å². The minimum Gasteiger partial charge on any atom is -0.497 e. The van der Waals surface area contributed by atoms with Crippen molar-refractivity contribution < 1.29 is 4.74 Å².